The number of anilines is 2. The Hall–Kier alpha value is -3.38. The summed E-state index contributed by atoms with van der Waals surface area (Å²) in [6, 6.07) is 4.70. The highest BCUT2D eigenvalue weighted by atomic mass is 32.2. The van der Waals surface area contributed by atoms with Crippen molar-refractivity contribution in [3.8, 4) is 17.2 Å². The van der Waals surface area contributed by atoms with E-state index in [1.54, 1.807) is 6.92 Å². The number of aliphatic hydroxyl groups is 1. The molecule has 4 rings (SSSR count). The Balaban J connectivity index is 1.64. The van der Waals surface area contributed by atoms with Crippen LogP contribution in [-0.4, -0.2) is 50.4 Å². The summed E-state index contributed by atoms with van der Waals surface area (Å²) in [5.74, 6) is -4.52. The Bertz CT molecular complexity index is 1380. The highest BCUT2D eigenvalue weighted by Gasteiger charge is 2.38. The van der Waals surface area contributed by atoms with Crippen LogP contribution in [0.2, 0.25) is 0 Å². The van der Waals surface area contributed by atoms with E-state index in [9.17, 15) is 22.9 Å². The molecule has 0 saturated carbocycles. The number of fused-ring (bicyclic) bond motifs is 1. The van der Waals surface area contributed by atoms with Crippen LogP contribution in [0.15, 0.2) is 24.3 Å². The van der Waals surface area contributed by atoms with Crippen molar-refractivity contribution in [2.75, 3.05) is 29.8 Å². The Kier molecular flexibility index (Phi) is 8.12. The third-order valence-electron chi connectivity index (χ3n) is 6.68. The van der Waals surface area contributed by atoms with Crippen molar-refractivity contribution in [2.24, 2.45) is 5.92 Å². The molecule has 38 heavy (non-hydrogen) atoms. The first kappa shape index (κ1) is 27.6. The van der Waals surface area contributed by atoms with Gasteiger partial charge in [-0.05, 0) is 31.9 Å². The van der Waals surface area contributed by atoms with E-state index in [2.05, 4.69) is 26.2 Å². The van der Waals surface area contributed by atoms with Gasteiger partial charge in [0.2, 0.25) is 15.9 Å². The average molecular weight is 553 g/mol. The van der Waals surface area contributed by atoms with Crippen LogP contribution in [0, 0.1) is 34.7 Å². The topological polar surface area (TPSA) is 155 Å². The number of aliphatic hydroxyl groups excluding tert-OH is 1. The van der Waals surface area contributed by atoms with Crippen LogP contribution in [0.5, 0.6) is 0 Å². The number of sulfonamides is 1. The second-order valence-corrected chi connectivity index (χ2v) is 11.1. The predicted octanol–water partition coefficient (Wildman–Crippen LogP) is 1.87. The molecule has 1 fully saturated rings. The monoisotopic (exact) mass is 552 g/mol. The number of halogens is 3. The average Bonchev–Trinajstić information content (AvgIpc) is 3.32. The number of benzene rings is 2. The minimum Gasteiger partial charge on any atom is -0.396 e. The van der Waals surface area contributed by atoms with Gasteiger partial charge in [-0.1, -0.05) is 12.1 Å². The lowest BCUT2D eigenvalue weighted by molar-refractivity contribution is -0.123. The maximum absolute atomic E-state index is 15.5. The molecule has 6 N–H and O–H groups in total. The van der Waals surface area contributed by atoms with Crippen LogP contribution < -0.4 is 26.2 Å². The number of hydrogen-bond donors (Lipinski definition) is 6. The van der Waals surface area contributed by atoms with Gasteiger partial charge in [-0.25, -0.2) is 27.0 Å². The molecule has 10 nitrogen and oxygen atoms in total. The minimum atomic E-state index is -4.21. The lowest BCUT2D eigenvalue weighted by atomic mass is 9.96. The number of piperidine rings is 1. The molecule has 0 spiro atoms. The number of hydrogen-bond acceptors (Lipinski definition) is 8. The van der Waals surface area contributed by atoms with E-state index < -0.39 is 73.4 Å². The van der Waals surface area contributed by atoms with E-state index >= 15 is 8.78 Å². The van der Waals surface area contributed by atoms with Gasteiger partial charge in [0.15, 0.2) is 11.6 Å². The van der Waals surface area contributed by atoms with Crippen molar-refractivity contribution in [3.63, 3.8) is 0 Å². The van der Waals surface area contributed by atoms with Crippen LogP contribution in [0.25, 0.3) is 11.1 Å². The van der Waals surface area contributed by atoms with Gasteiger partial charge in [0, 0.05) is 36.9 Å². The summed E-state index contributed by atoms with van der Waals surface area (Å²) in [4.78, 5) is 12.4. The Morgan fingerprint density at radius 3 is 2.68 bits per heavy atom. The third-order valence-corrected chi connectivity index (χ3v) is 8.58. The quantitative estimate of drug-likeness (QED) is 0.271. The van der Waals surface area contributed by atoms with Crippen LogP contribution in [0.3, 0.4) is 0 Å². The van der Waals surface area contributed by atoms with Crippen LogP contribution in [0.4, 0.5) is 24.5 Å². The molecule has 204 valence electrons. The first-order valence-corrected chi connectivity index (χ1v) is 13.5. The van der Waals surface area contributed by atoms with Crippen molar-refractivity contribution in [2.45, 2.75) is 37.1 Å². The fourth-order valence-corrected chi connectivity index (χ4v) is 6.34. The number of nitriles is 1. The van der Waals surface area contributed by atoms with E-state index in [4.69, 9.17) is 5.11 Å². The Morgan fingerprint density at radius 1 is 1.21 bits per heavy atom. The Morgan fingerprint density at radius 2 is 1.97 bits per heavy atom. The molecular weight excluding hydrogens is 525 g/mol. The molecule has 14 heteroatoms. The molecule has 2 heterocycles. The van der Waals surface area contributed by atoms with Gasteiger partial charge in [0.25, 0.3) is 0 Å². The summed E-state index contributed by atoms with van der Waals surface area (Å²) in [6.07, 6.45) is 0.363. The molecule has 2 aliphatic heterocycles. The number of hydrazine groups is 1. The van der Waals surface area contributed by atoms with E-state index in [-0.39, 0.29) is 30.8 Å². The normalized spacial score (nSPS) is 22.7. The number of rotatable bonds is 8. The molecule has 0 aromatic heterocycles. The maximum Gasteiger partial charge on any atom is 0.243 e. The molecule has 4 unspecified atom stereocenters. The SMILES string of the molecule is CC1NCC(C#N)CC1S(=O)(=O)Nc1ccc(F)c(-c2ccc3c(c2F)NNC3C(=O)NCCCO)c1F. The van der Waals surface area contributed by atoms with Crippen LogP contribution >= 0.6 is 0 Å². The fraction of sp³-hybridized carbons (Fsp3) is 0.417. The Labute approximate surface area is 217 Å². The first-order valence-electron chi connectivity index (χ1n) is 11.9. The van der Waals surface area contributed by atoms with Crippen LogP contribution in [-0.2, 0) is 14.8 Å². The zero-order valence-electron chi connectivity index (χ0n) is 20.3. The van der Waals surface area contributed by atoms with Gasteiger partial charge >= 0.3 is 0 Å². The van der Waals surface area contributed by atoms with E-state index in [0.29, 0.717) is 13.0 Å². The van der Waals surface area contributed by atoms with E-state index in [1.807, 2.05) is 6.07 Å². The van der Waals surface area contributed by atoms with E-state index in [0.717, 1.165) is 18.2 Å². The summed E-state index contributed by atoms with van der Waals surface area (Å²) in [7, 11) is -4.21. The third kappa shape index (κ3) is 5.28. The lowest BCUT2D eigenvalue weighted by Crippen LogP contribution is -2.51. The smallest absolute Gasteiger partial charge is 0.243 e. The molecule has 2 aromatic carbocycles. The number of nitrogens with one attached hydrogen (secondary N) is 5. The first-order chi connectivity index (χ1) is 18.1. The zero-order chi connectivity index (χ0) is 27.6. The van der Waals surface area contributed by atoms with Crippen molar-refractivity contribution in [1.29, 1.82) is 5.26 Å². The molecule has 0 radical (unpaired) electrons. The lowest BCUT2D eigenvalue weighted by Gasteiger charge is -2.32. The molecule has 2 aromatic rings. The van der Waals surface area contributed by atoms with Crippen LogP contribution in [0.1, 0.15) is 31.4 Å². The highest BCUT2D eigenvalue weighted by molar-refractivity contribution is 7.93. The largest absolute Gasteiger partial charge is 0.396 e. The van der Waals surface area contributed by atoms with Gasteiger partial charge in [-0.2, -0.15) is 5.26 Å². The van der Waals surface area contributed by atoms with Gasteiger partial charge in [-0.3, -0.25) is 9.52 Å². The fourth-order valence-electron chi connectivity index (χ4n) is 4.60. The van der Waals surface area contributed by atoms with E-state index in [1.165, 1.54) is 6.07 Å². The van der Waals surface area contributed by atoms with Gasteiger partial charge in [0.1, 0.15) is 11.9 Å². The molecular formula is C24H27F3N6O4S. The molecule has 0 bridgehead atoms. The molecule has 1 amide bonds. The van der Waals surface area contributed by atoms with Crippen molar-refractivity contribution in [1.82, 2.24) is 16.1 Å². The summed E-state index contributed by atoms with van der Waals surface area (Å²) in [6.45, 7) is 2.04. The second kappa shape index (κ2) is 11.2. The van der Waals surface area contributed by atoms with Gasteiger partial charge in [-0.15, -0.1) is 0 Å². The maximum atomic E-state index is 15.5. The molecule has 4 atom stereocenters. The zero-order valence-corrected chi connectivity index (χ0v) is 21.1. The standard InChI is InChI=1S/C24H27F3N6O4S/c1-12-18(9-13(10-28)11-30-12)38(36,37)33-17-6-5-16(25)19(21(17)27)14-3-4-15-22(20(14)26)31-32-23(15)24(35)29-7-2-8-34/h3-6,12-13,18,23,30-34H,2,7-9,11H2,1H3,(H,29,35). The summed E-state index contributed by atoms with van der Waals surface area (Å²) in [5, 5.41) is 22.5. The van der Waals surface area contributed by atoms with Gasteiger partial charge < -0.3 is 21.2 Å². The van der Waals surface area contributed by atoms with Crippen molar-refractivity contribution < 1.29 is 31.5 Å². The molecule has 0 aliphatic carbocycles. The number of carbonyl (C=O) groups excluding carboxylic acids is 1. The summed E-state index contributed by atoms with van der Waals surface area (Å²) >= 11 is 0. The summed E-state index contributed by atoms with van der Waals surface area (Å²) in [5.41, 5.74) is 3.33. The van der Waals surface area contributed by atoms with Crippen molar-refractivity contribution >= 4 is 27.3 Å². The van der Waals surface area contributed by atoms with Gasteiger partial charge in [0.05, 0.1) is 34.2 Å². The molecule has 2 aliphatic rings. The summed E-state index contributed by atoms with van der Waals surface area (Å²) < 4.78 is 74.1. The highest BCUT2D eigenvalue weighted by Crippen LogP contribution is 2.40. The number of nitrogens with zero attached hydrogens (tertiary/aromatic N) is 1. The number of carbonyl (C=O) groups is 1. The predicted molar refractivity (Wildman–Crippen MR) is 133 cm³/mol. The number of amides is 1. The minimum absolute atomic E-state index is 0.0303. The second-order valence-electron chi connectivity index (χ2n) is 9.19. The molecule has 1 saturated heterocycles. The van der Waals surface area contributed by atoms with Crippen molar-refractivity contribution in [3.05, 3.63) is 47.3 Å².